The standard InChI is InChI=1S/C16H30O2/c1-5-9-11-12-14(7-3)15(13-10-6-2)16(17)18-8-4/h8,14-15H,4-7,9-13H2,1-3H3. The molecule has 0 aliphatic carbocycles. The smallest absolute Gasteiger partial charge is 0.313 e. The van der Waals surface area contributed by atoms with E-state index < -0.39 is 0 Å². The minimum Gasteiger partial charge on any atom is -0.435 e. The van der Waals surface area contributed by atoms with Crippen molar-refractivity contribution in [1.29, 1.82) is 0 Å². The lowest BCUT2D eigenvalue weighted by molar-refractivity contribution is -0.145. The average Bonchev–Trinajstić information content (AvgIpc) is 2.37. The number of hydrogen-bond donors (Lipinski definition) is 0. The number of rotatable bonds is 11. The fraction of sp³-hybridized carbons (Fsp3) is 0.812. The second-order valence-corrected chi connectivity index (χ2v) is 5.02. The summed E-state index contributed by atoms with van der Waals surface area (Å²) in [6.07, 6.45) is 10.4. The van der Waals surface area contributed by atoms with Crippen LogP contribution < -0.4 is 0 Å². The van der Waals surface area contributed by atoms with Crippen molar-refractivity contribution in [3.05, 3.63) is 12.8 Å². The number of unbranched alkanes of at least 4 members (excludes halogenated alkanes) is 3. The van der Waals surface area contributed by atoms with Crippen LogP contribution in [-0.2, 0) is 9.53 Å². The minimum atomic E-state index is -0.0817. The van der Waals surface area contributed by atoms with Crippen molar-refractivity contribution in [1.82, 2.24) is 0 Å². The van der Waals surface area contributed by atoms with Crippen molar-refractivity contribution < 1.29 is 9.53 Å². The molecule has 2 atom stereocenters. The Morgan fingerprint density at radius 1 is 1.11 bits per heavy atom. The van der Waals surface area contributed by atoms with Gasteiger partial charge in [-0.25, -0.2) is 0 Å². The maximum absolute atomic E-state index is 12.0. The van der Waals surface area contributed by atoms with E-state index in [-0.39, 0.29) is 11.9 Å². The molecule has 0 aliphatic rings. The lowest BCUT2D eigenvalue weighted by Crippen LogP contribution is -2.24. The third-order valence-corrected chi connectivity index (χ3v) is 3.64. The Labute approximate surface area is 113 Å². The summed E-state index contributed by atoms with van der Waals surface area (Å²) in [7, 11) is 0. The molecule has 0 bridgehead atoms. The van der Waals surface area contributed by atoms with E-state index in [1.54, 1.807) is 0 Å². The molecule has 0 amide bonds. The largest absolute Gasteiger partial charge is 0.435 e. The Hall–Kier alpha value is -0.790. The van der Waals surface area contributed by atoms with Gasteiger partial charge in [0, 0.05) is 0 Å². The zero-order chi connectivity index (χ0) is 13.8. The quantitative estimate of drug-likeness (QED) is 0.292. The molecule has 0 saturated carbocycles. The fourth-order valence-electron chi connectivity index (χ4n) is 2.49. The van der Waals surface area contributed by atoms with E-state index in [9.17, 15) is 4.79 Å². The summed E-state index contributed by atoms with van der Waals surface area (Å²) in [6.45, 7) is 10.0. The highest BCUT2D eigenvalue weighted by atomic mass is 16.5. The summed E-state index contributed by atoms with van der Waals surface area (Å²) in [5, 5.41) is 0. The summed E-state index contributed by atoms with van der Waals surface area (Å²) in [4.78, 5) is 12.0. The molecule has 0 saturated heterocycles. The maximum atomic E-state index is 12.0. The molecule has 0 fully saturated rings. The highest BCUT2D eigenvalue weighted by Gasteiger charge is 2.27. The third-order valence-electron chi connectivity index (χ3n) is 3.64. The number of hydrogen-bond acceptors (Lipinski definition) is 2. The van der Waals surface area contributed by atoms with E-state index in [1.165, 1.54) is 25.5 Å². The van der Waals surface area contributed by atoms with Crippen molar-refractivity contribution in [2.24, 2.45) is 11.8 Å². The van der Waals surface area contributed by atoms with Gasteiger partial charge >= 0.3 is 5.97 Å². The molecule has 0 spiro atoms. The van der Waals surface area contributed by atoms with Gasteiger partial charge in [-0.1, -0.05) is 65.9 Å². The van der Waals surface area contributed by atoms with Gasteiger partial charge in [0.05, 0.1) is 12.2 Å². The Bertz CT molecular complexity index is 223. The number of carbonyl (C=O) groups excluding carboxylic acids is 1. The van der Waals surface area contributed by atoms with Crippen LogP contribution >= 0.6 is 0 Å². The molecule has 0 rings (SSSR count). The van der Waals surface area contributed by atoms with Crippen LogP contribution in [0.3, 0.4) is 0 Å². The van der Waals surface area contributed by atoms with E-state index >= 15 is 0 Å². The minimum absolute atomic E-state index is 0.0600. The second-order valence-electron chi connectivity index (χ2n) is 5.02. The monoisotopic (exact) mass is 254 g/mol. The average molecular weight is 254 g/mol. The predicted molar refractivity (Wildman–Crippen MR) is 77.2 cm³/mol. The van der Waals surface area contributed by atoms with Gasteiger partial charge in [-0.05, 0) is 18.8 Å². The van der Waals surface area contributed by atoms with Crippen LogP contribution in [0.15, 0.2) is 12.8 Å². The summed E-state index contributed by atoms with van der Waals surface area (Å²) < 4.78 is 5.02. The fourth-order valence-corrected chi connectivity index (χ4v) is 2.49. The summed E-state index contributed by atoms with van der Waals surface area (Å²) in [6, 6.07) is 0. The van der Waals surface area contributed by atoms with E-state index in [1.807, 2.05) is 0 Å². The van der Waals surface area contributed by atoms with Crippen molar-refractivity contribution in [2.45, 2.75) is 72.1 Å². The van der Waals surface area contributed by atoms with Gasteiger partial charge in [-0.3, -0.25) is 4.79 Å². The van der Waals surface area contributed by atoms with Gasteiger partial charge in [0.15, 0.2) is 0 Å². The van der Waals surface area contributed by atoms with Crippen LogP contribution in [0, 0.1) is 11.8 Å². The molecule has 18 heavy (non-hydrogen) atoms. The molecule has 2 nitrogen and oxygen atoms in total. The number of ether oxygens (including phenoxy) is 1. The Morgan fingerprint density at radius 2 is 1.78 bits per heavy atom. The van der Waals surface area contributed by atoms with Crippen molar-refractivity contribution in [2.75, 3.05) is 0 Å². The molecular formula is C16H30O2. The Balaban J connectivity index is 4.44. The lowest BCUT2D eigenvalue weighted by atomic mass is 9.82. The van der Waals surface area contributed by atoms with Crippen molar-refractivity contribution >= 4 is 5.97 Å². The molecule has 0 radical (unpaired) electrons. The molecule has 0 aromatic heterocycles. The van der Waals surface area contributed by atoms with Crippen molar-refractivity contribution in [3.63, 3.8) is 0 Å². The number of carbonyl (C=O) groups is 1. The number of esters is 1. The highest BCUT2D eigenvalue weighted by molar-refractivity contribution is 5.73. The maximum Gasteiger partial charge on any atom is 0.313 e. The van der Waals surface area contributed by atoms with Gasteiger partial charge in [-0.2, -0.15) is 0 Å². The van der Waals surface area contributed by atoms with Crippen LogP contribution in [0.4, 0.5) is 0 Å². The lowest BCUT2D eigenvalue weighted by Gasteiger charge is -2.24. The van der Waals surface area contributed by atoms with Crippen LogP contribution in [0.5, 0.6) is 0 Å². The first-order chi connectivity index (χ1) is 8.71. The van der Waals surface area contributed by atoms with Gasteiger partial charge in [0.2, 0.25) is 0 Å². The molecule has 0 aromatic rings. The highest BCUT2D eigenvalue weighted by Crippen LogP contribution is 2.28. The first-order valence-corrected chi connectivity index (χ1v) is 7.52. The van der Waals surface area contributed by atoms with E-state index in [2.05, 4.69) is 27.4 Å². The zero-order valence-corrected chi connectivity index (χ0v) is 12.4. The molecule has 106 valence electrons. The van der Waals surface area contributed by atoms with Gasteiger partial charge in [-0.15, -0.1) is 0 Å². The molecule has 0 aromatic carbocycles. The molecule has 0 N–H and O–H groups in total. The van der Waals surface area contributed by atoms with Crippen LogP contribution in [0.2, 0.25) is 0 Å². The van der Waals surface area contributed by atoms with E-state index in [0.717, 1.165) is 32.1 Å². The van der Waals surface area contributed by atoms with Crippen molar-refractivity contribution in [3.8, 4) is 0 Å². The van der Waals surface area contributed by atoms with Crippen LogP contribution in [-0.4, -0.2) is 5.97 Å². The molecule has 0 aliphatic heterocycles. The summed E-state index contributed by atoms with van der Waals surface area (Å²) in [5.74, 6) is 0.446. The van der Waals surface area contributed by atoms with E-state index in [0.29, 0.717) is 5.92 Å². The molecule has 0 heterocycles. The first-order valence-electron chi connectivity index (χ1n) is 7.52. The summed E-state index contributed by atoms with van der Waals surface area (Å²) >= 11 is 0. The Morgan fingerprint density at radius 3 is 2.28 bits per heavy atom. The van der Waals surface area contributed by atoms with Gasteiger partial charge < -0.3 is 4.74 Å². The van der Waals surface area contributed by atoms with Gasteiger partial charge in [0.1, 0.15) is 0 Å². The SMILES string of the molecule is C=COC(=O)C(CCCC)C(CC)CCCCC. The van der Waals surface area contributed by atoms with Gasteiger partial charge in [0.25, 0.3) is 0 Å². The first kappa shape index (κ1) is 17.2. The molecular weight excluding hydrogens is 224 g/mol. The normalized spacial score (nSPS) is 13.9. The zero-order valence-electron chi connectivity index (χ0n) is 12.4. The second kappa shape index (κ2) is 11.3. The Kier molecular flexibility index (Phi) is 10.8. The van der Waals surface area contributed by atoms with E-state index in [4.69, 9.17) is 4.74 Å². The summed E-state index contributed by atoms with van der Waals surface area (Å²) in [5.41, 5.74) is 0. The molecule has 2 heteroatoms. The topological polar surface area (TPSA) is 26.3 Å². The third kappa shape index (κ3) is 6.83. The molecule has 2 unspecified atom stereocenters. The van der Waals surface area contributed by atoms with Crippen LogP contribution in [0.1, 0.15) is 72.1 Å². The predicted octanol–water partition coefficient (Wildman–Crippen LogP) is 5.09. The van der Waals surface area contributed by atoms with Crippen LogP contribution in [0.25, 0.3) is 0 Å².